The van der Waals surface area contributed by atoms with Crippen LogP contribution < -0.4 is 0 Å². The van der Waals surface area contributed by atoms with Gasteiger partial charge in [-0.1, -0.05) is 0 Å². The van der Waals surface area contributed by atoms with Crippen molar-refractivity contribution in [1.29, 1.82) is 0 Å². The topological polar surface area (TPSA) is 23.6 Å². The van der Waals surface area contributed by atoms with Crippen molar-refractivity contribution in [2.75, 3.05) is 26.2 Å². The van der Waals surface area contributed by atoms with Gasteiger partial charge < -0.3 is 4.90 Å². The second-order valence-electron chi connectivity index (χ2n) is 5.66. The molecule has 0 unspecified atom stereocenters. The maximum atomic E-state index is 13.5. The van der Waals surface area contributed by atoms with E-state index < -0.39 is 5.82 Å². The second-order valence-corrected chi connectivity index (χ2v) is 5.66. The first kappa shape index (κ1) is 13.5. The zero-order valence-electron chi connectivity index (χ0n) is 11.3. The van der Waals surface area contributed by atoms with E-state index in [-0.39, 0.29) is 17.6 Å². The molecular weight excluding hydrogens is 262 g/mol. The van der Waals surface area contributed by atoms with Crippen molar-refractivity contribution in [1.82, 2.24) is 9.80 Å². The summed E-state index contributed by atoms with van der Waals surface area (Å²) in [6.45, 7) is 3.39. The molecule has 0 atom stereocenters. The highest BCUT2D eigenvalue weighted by atomic mass is 19.1. The Balaban J connectivity index is 1.53. The molecular formula is C15H18F2N2O. The van der Waals surface area contributed by atoms with Crippen molar-refractivity contribution >= 4 is 5.91 Å². The van der Waals surface area contributed by atoms with Crippen LogP contribution in [0.5, 0.6) is 0 Å². The molecule has 0 bridgehead atoms. The predicted octanol–water partition coefficient (Wildman–Crippen LogP) is 2.02. The first-order chi connectivity index (χ1) is 9.63. The van der Waals surface area contributed by atoms with Crippen molar-refractivity contribution in [3.05, 3.63) is 35.4 Å². The number of benzene rings is 1. The Morgan fingerprint density at radius 1 is 1.20 bits per heavy atom. The lowest BCUT2D eigenvalue weighted by molar-refractivity contribution is -0.140. The maximum absolute atomic E-state index is 13.5. The van der Waals surface area contributed by atoms with Gasteiger partial charge in [0, 0.05) is 38.3 Å². The molecule has 0 N–H and O–H groups in total. The van der Waals surface area contributed by atoms with Gasteiger partial charge >= 0.3 is 0 Å². The number of hydrogen-bond donors (Lipinski definition) is 0. The standard InChI is InChI=1S/C15H18F2N2O/c16-13-3-4-14(17)11(7-13)8-18-9-12(10-18)15(20)19-5-1-2-6-19/h3-4,7,12H,1-2,5-6,8-10H2. The highest BCUT2D eigenvalue weighted by Gasteiger charge is 2.36. The maximum Gasteiger partial charge on any atom is 0.228 e. The minimum Gasteiger partial charge on any atom is -0.342 e. The molecule has 3 nitrogen and oxygen atoms in total. The predicted molar refractivity (Wildman–Crippen MR) is 70.9 cm³/mol. The Morgan fingerprint density at radius 2 is 1.90 bits per heavy atom. The second kappa shape index (κ2) is 5.48. The number of carbonyl (C=O) groups excluding carboxylic acids is 1. The number of rotatable bonds is 3. The summed E-state index contributed by atoms with van der Waals surface area (Å²) in [5.41, 5.74) is 0.358. The molecule has 5 heteroatoms. The largest absolute Gasteiger partial charge is 0.342 e. The van der Waals surface area contributed by atoms with Crippen LogP contribution in [0, 0.1) is 17.6 Å². The van der Waals surface area contributed by atoms with E-state index in [2.05, 4.69) is 0 Å². The number of carbonyl (C=O) groups is 1. The van der Waals surface area contributed by atoms with Crippen LogP contribution in [-0.4, -0.2) is 41.9 Å². The van der Waals surface area contributed by atoms with Gasteiger partial charge in [0.25, 0.3) is 0 Å². The molecule has 20 heavy (non-hydrogen) atoms. The molecule has 1 aromatic rings. The van der Waals surface area contributed by atoms with Crippen molar-refractivity contribution in [3.63, 3.8) is 0 Å². The summed E-state index contributed by atoms with van der Waals surface area (Å²) in [7, 11) is 0. The Bertz CT molecular complexity index is 509. The Kier molecular flexibility index (Phi) is 3.70. The lowest BCUT2D eigenvalue weighted by Gasteiger charge is -2.40. The summed E-state index contributed by atoms with van der Waals surface area (Å²) < 4.78 is 26.6. The van der Waals surface area contributed by atoms with Gasteiger partial charge in [-0.15, -0.1) is 0 Å². The average Bonchev–Trinajstić information content (AvgIpc) is 2.90. The van der Waals surface area contributed by atoms with Gasteiger partial charge in [-0.2, -0.15) is 0 Å². The molecule has 1 aromatic carbocycles. The fourth-order valence-electron chi connectivity index (χ4n) is 2.96. The van der Waals surface area contributed by atoms with Crippen LogP contribution in [0.25, 0.3) is 0 Å². The van der Waals surface area contributed by atoms with E-state index in [9.17, 15) is 13.6 Å². The van der Waals surface area contributed by atoms with Gasteiger partial charge in [0.1, 0.15) is 11.6 Å². The Labute approximate surface area is 117 Å². The summed E-state index contributed by atoms with van der Waals surface area (Å²) in [6.07, 6.45) is 2.19. The molecule has 3 rings (SSSR count). The molecule has 2 aliphatic heterocycles. The van der Waals surface area contributed by atoms with Gasteiger partial charge in [0.05, 0.1) is 5.92 Å². The first-order valence-corrected chi connectivity index (χ1v) is 7.08. The van der Waals surface area contributed by atoms with Gasteiger partial charge in [0.15, 0.2) is 0 Å². The molecule has 0 saturated carbocycles. The number of likely N-dealkylation sites (tertiary alicyclic amines) is 2. The molecule has 0 aliphatic carbocycles. The third kappa shape index (κ3) is 2.68. The minimum atomic E-state index is -0.424. The fourth-order valence-corrected chi connectivity index (χ4v) is 2.96. The van der Waals surface area contributed by atoms with Crippen LogP contribution in [0.1, 0.15) is 18.4 Å². The third-order valence-electron chi connectivity index (χ3n) is 4.13. The Hall–Kier alpha value is -1.49. The fraction of sp³-hybridized carbons (Fsp3) is 0.533. The zero-order valence-corrected chi connectivity index (χ0v) is 11.3. The Morgan fingerprint density at radius 3 is 2.60 bits per heavy atom. The van der Waals surface area contributed by atoms with E-state index in [1.54, 1.807) is 0 Å². The average molecular weight is 280 g/mol. The highest BCUT2D eigenvalue weighted by Crippen LogP contribution is 2.23. The van der Waals surface area contributed by atoms with E-state index in [0.717, 1.165) is 38.1 Å². The molecule has 108 valence electrons. The van der Waals surface area contributed by atoms with Crippen LogP contribution in [0.3, 0.4) is 0 Å². The summed E-state index contributed by atoms with van der Waals surface area (Å²) >= 11 is 0. The van der Waals surface area contributed by atoms with Crippen LogP contribution in [0.15, 0.2) is 18.2 Å². The molecule has 2 saturated heterocycles. The van der Waals surface area contributed by atoms with Crippen molar-refractivity contribution in [3.8, 4) is 0 Å². The summed E-state index contributed by atoms with van der Waals surface area (Å²) in [5, 5.41) is 0. The van der Waals surface area contributed by atoms with Gasteiger partial charge in [0.2, 0.25) is 5.91 Å². The van der Waals surface area contributed by atoms with Crippen LogP contribution in [0.4, 0.5) is 8.78 Å². The van der Waals surface area contributed by atoms with Crippen LogP contribution in [0.2, 0.25) is 0 Å². The highest BCUT2D eigenvalue weighted by molar-refractivity contribution is 5.80. The van der Waals surface area contributed by atoms with E-state index in [4.69, 9.17) is 0 Å². The SMILES string of the molecule is O=C(C1CN(Cc2cc(F)ccc2F)C1)N1CCCC1. The molecule has 2 heterocycles. The molecule has 0 spiro atoms. The molecule has 1 amide bonds. The number of halogens is 2. The molecule has 2 aliphatic rings. The third-order valence-corrected chi connectivity index (χ3v) is 4.13. The molecule has 0 radical (unpaired) electrons. The summed E-state index contributed by atoms with van der Waals surface area (Å²) in [6, 6.07) is 3.50. The quantitative estimate of drug-likeness (QED) is 0.845. The monoisotopic (exact) mass is 280 g/mol. The van der Waals surface area contributed by atoms with E-state index in [0.29, 0.717) is 25.2 Å². The normalized spacial score (nSPS) is 20.2. The number of hydrogen-bond acceptors (Lipinski definition) is 2. The lowest BCUT2D eigenvalue weighted by atomic mass is 9.97. The van der Waals surface area contributed by atoms with Crippen LogP contribution in [-0.2, 0) is 11.3 Å². The summed E-state index contributed by atoms with van der Waals surface area (Å²) in [4.78, 5) is 16.0. The zero-order chi connectivity index (χ0) is 14.1. The first-order valence-electron chi connectivity index (χ1n) is 7.08. The van der Waals surface area contributed by atoms with Crippen molar-refractivity contribution < 1.29 is 13.6 Å². The van der Waals surface area contributed by atoms with E-state index >= 15 is 0 Å². The number of nitrogens with zero attached hydrogens (tertiary/aromatic N) is 2. The van der Waals surface area contributed by atoms with Gasteiger partial charge in [-0.3, -0.25) is 9.69 Å². The van der Waals surface area contributed by atoms with E-state index in [1.807, 2.05) is 9.80 Å². The van der Waals surface area contributed by atoms with E-state index in [1.165, 1.54) is 6.07 Å². The van der Waals surface area contributed by atoms with Gasteiger partial charge in [-0.25, -0.2) is 8.78 Å². The van der Waals surface area contributed by atoms with Crippen molar-refractivity contribution in [2.45, 2.75) is 19.4 Å². The van der Waals surface area contributed by atoms with Crippen molar-refractivity contribution in [2.24, 2.45) is 5.92 Å². The number of amides is 1. The minimum absolute atomic E-state index is 0.0321. The summed E-state index contributed by atoms with van der Waals surface area (Å²) in [5.74, 6) is -0.560. The van der Waals surface area contributed by atoms with Gasteiger partial charge in [-0.05, 0) is 31.0 Å². The van der Waals surface area contributed by atoms with Crippen LogP contribution >= 0.6 is 0 Å². The molecule has 2 fully saturated rings. The lowest BCUT2D eigenvalue weighted by Crippen LogP contribution is -2.53. The molecule has 0 aromatic heterocycles. The smallest absolute Gasteiger partial charge is 0.228 e.